The number of amides is 1. The van der Waals surface area contributed by atoms with E-state index in [9.17, 15) is 30.9 Å². The first-order valence-electron chi connectivity index (χ1n) is 11.1. The number of halogens is 4. The van der Waals surface area contributed by atoms with E-state index < -0.39 is 34.5 Å². The van der Waals surface area contributed by atoms with Gasteiger partial charge >= 0.3 is 13.3 Å². The second kappa shape index (κ2) is 12.1. The van der Waals surface area contributed by atoms with E-state index in [-0.39, 0.29) is 28.2 Å². The molecule has 0 fully saturated rings. The minimum absolute atomic E-state index is 0.0569. The topological polar surface area (TPSA) is 124 Å². The minimum Gasteiger partial charge on any atom is -0.385 e. The Morgan fingerprint density at radius 2 is 1.74 bits per heavy atom. The van der Waals surface area contributed by atoms with Crippen molar-refractivity contribution < 1.29 is 40.7 Å². The third kappa shape index (κ3) is 7.58. The molecule has 1 amide bonds. The highest BCUT2D eigenvalue weighted by molar-refractivity contribution is 9.10. The van der Waals surface area contributed by atoms with Crippen molar-refractivity contribution in [3.63, 3.8) is 0 Å². The quantitative estimate of drug-likeness (QED) is 0.199. The van der Waals surface area contributed by atoms with Crippen molar-refractivity contribution in [2.75, 3.05) is 6.26 Å². The van der Waals surface area contributed by atoms with Crippen molar-refractivity contribution in [3.8, 4) is 0 Å². The zero-order valence-corrected chi connectivity index (χ0v) is 23.6. The van der Waals surface area contributed by atoms with E-state index in [1.54, 1.807) is 6.07 Å². The van der Waals surface area contributed by atoms with Crippen LogP contribution in [0.2, 0.25) is 0 Å². The first-order chi connectivity index (χ1) is 18.1. The van der Waals surface area contributed by atoms with Gasteiger partial charge in [0.1, 0.15) is 5.82 Å². The number of rotatable bonds is 11. The Morgan fingerprint density at radius 1 is 1.08 bits per heavy atom. The van der Waals surface area contributed by atoms with E-state index in [1.807, 2.05) is 0 Å². The highest BCUT2D eigenvalue weighted by Gasteiger charge is 2.51. The van der Waals surface area contributed by atoms with Crippen molar-refractivity contribution >= 4 is 45.5 Å². The third-order valence-corrected chi connectivity index (χ3v) is 8.28. The van der Waals surface area contributed by atoms with Crippen LogP contribution in [0.3, 0.4) is 0 Å². The Kier molecular flexibility index (Phi) is 9.45. The van der Waals surface area contributed by atoms with E-state index in [0.29, 0.717) is 23.1 Å². The van der Waals surface area contributed by atoms with E-state index in [0.717, 1.165) is 12.3 Å². The van der Waals surface area contributed by atoms with Gasteiger partial charge in [-0.05, 0) is 47.0 Å². The van der Waals surface area contributed by atoms with E-state index >= 15 is 0 Å². The van der Waals surface area contributed by atoms with Crippen LogP contribution in [0.15, 0.2) is 82.3 Å². The molecule has 3 aromatic carbocycles. The molecule has 0 bridgehead atoms. The lowest BCUT2D eigenvalue weighted by molar-refractivity contribution is -0.115. The fraction of sp³-hybridized carbons (Fsp3) is 0.160. The molecule has 3 aromatic rings. The predicted molar refractivity (Wildman–Crippen MR) is 142 cm³/mol. The molecule has 3 N–H and O–H groups in total. The van der Waals surface area contributed by atoms with Crippen LogP contribution in [0.1, 0.15) is 22.3 Å². The number of carbonyl (C=O) groups is 1. The molecule has 208 valence electrons. The Balaban J connectivity index is 1.96. The Morgan fingerprint density at radius 3 is 2.28 bits per heavy atom. The van der Waals surface area contributed by atoms with Gasteiger partial charge in [0.05, 0.1) is 17.1 Å². The molecule has 0 aromatic heterocycles. The van der Waals surface area contributed by atoms with Gasteiger partial charge in [0.2, 0.25) is 6.41 Å². The molecule has 0 spiro atoms. The number of nitrogens with one attached hydrogen (secondary N) is 1. The van der Waals surface area contributed by atoms with Crippen molar-refractivity contribution in [2.24, 2.45) is 0 Å². The summed E-state index contributed by atoms with van der Waals surface area (Å²) in [5.41, 5.74) is -3.68. The normalized spacial score (nSPS) is 12.7. The van der Waals surface area contributed by atoms with Gasteiger partial charge in [-0.25, -0.2) is 12.8 Å². The number of sulfone groups is 1. The molecule has 0 heterocycles. The average Bonchev–Trinajstić information content (AvgIpc) is 2.84. The standard InChI is InChI=1S/C25H23BrF3N2O6PS/c1-39(36,37)21-8-6-19(7-9-21)24(14-30-13-17-3-2-4-20(27)11-17)31(16-32)15-18-5-10-22(23(26)12-18)25(28,29)38(33,34)35/h2-12,14,16,30H,13,15H2,1H3,(H2,33,34,35)/b24-14-. The fourth-order valence-electron chi connectivity index (χ4n) is 3.55. The molecule has 14 heteroatoms. The maximum absolute atomic E-state index is 14.2. The van der Waals surface area contributed by atoms with Crippen LogP contribution < -0.4 is 5.32 Å². The Hall–Kier alpha value is -2.96. The van der Waals surface area contributed by atoms with Crippen molar-refractivity contribution in [1.29, 1.82) is 0 Å². The van der Waals surface area contributed by atoms with Gasteiger partial charge in [-0.15, -0.1) is 0 Å². The lowest BCUT2D eigenvalue weighted by Crippen LogP contribution is -2.22. The first kappa shape index (κ1) is 30.6. The smallest absolute Gasteiger partial charge is 0.385 e. The van der Waals surface area contributed by atoms with Crippen LogP contribution in [0, 0.1) is 5.82 Å². The maximum atomic E-state index is 14.2. The molecule has 0 aliphatic heterocycles. The number of nitrogens with zero attached hydrogens (tertiary/aromatic N) is 1. The summed E-state index contributed by atoms with van der Waals surface area (Å²) >= 11 is 2.92. The summed E-state index contributed by atoms with van der Waals surface area (Å²) in [7, 11) is -9.28. The van der Waals surface area contributed by atoms with Crippen LogP contribution in [-0.2, 0) is 37.9 Å². The molecular weight excluding hydrogens is 624 g/mol. The third-order valence-electron chi connectivity index (χ3n) is 5.53. The van der Waals surface area contributed by atoms with E-state index in [1.165, 1.54) is 65.7 Å². The highest BCUT2D eigenvalue weighted by atomic mass is 79.9. The molecule has 0 aliphatic rings. The zero-order valence-electron chi connectivity index (χ0n) is 20.3. The largest absolute Gasteiger partial charge is 0.399 e. The Labute approximate surface area is 231 Å². The molecule has 39 heavy (non-hydrogen) atoms. The number of benzene rings is 3. The average molecular weight is 647 g/mol. The molecule has 0 radical (unpaired) electrons. The fourth-order valence-corrected chi connectivity index (χ4v) is 5.52. The maximum Gasteiger partial charge on any atom is 0.399 e. The van der Waals surface area contributed by atoms with Crippen molar-refractivity contribution in [3.05, 3.63) is 105 Å². The van der Waals surface area contributed by atoms with Crippen LogP contribution in [0.25, 0.3) is 5.70 Å². The second-order valence-corrected chi connectivity index (χ2v) is 13.0. The van der Waals surface area contributed by atoms with Crippen molar-refractivity contribution in [1.82, 2.24) is 10.2 Å². The van der Waals surface area contributed by atoms with Crippen molar-refractivity contribution in [2.45, 2.75) is 23.6 Å². The van der Waals surface area contributed by atoms with Crippen LogP contribution in [0.5, 0.6) is 0 Å². The van der Waals surface area contributed by atoms with Gasteiger partial charge in [-0.1, -0.05) is 52.3 Å². The molecule has 0 aliphatic carbocycles. The highest BCUT2D eigenvalue weighted by Crippen LogP contribution is 2.60. The molecule has 8 nitrogen and oxygen atoms in total. The SMILES string of the molecule is CS(=O)(=O)c1ccc(/C(=C/NCc2cccc(F)c2)N(C=O)Cc2ccc(C(F)(F)P(=O)(O)O)c(Br)c2)cc1. The molecule has 0 atom stereocenters. The lowest BCUT2D eigenvalue weighted by atomic mass is 10.1. The van der Waals surface area contributed by atoms with E-state index in [4.69, 9.17) is 9.79 Å². The van der Waals surface area contributed by atoms with E-state index in [2.05, 4.69) is 21.2 Å². The molecular formula is C25H23BrF3N2O6PS. The van der Waals surface area contributed by atoms with Crippen LogP contribution in [0.4, 0.5) is 13.2 Å². The summed E-state index contributed by atoms with van der Waals surface area (Å²) < 4.78 is 76.7. The summed E-state index contributed by atoms with van der Waals surface area (Å²) in [4.78, 5) is 31.5. The summed E-state index contributed by atoms with van der Waals surface area (Å²) in [5.74, 6) is -0.428. The second-order valence-electron chi connectivity index (χ2n) is 8.47. The van der Waals surface area contributed by atoms with Gasteiger partial charge in [-0.2, -0.15) is 8.78 Å². The number of hydrogen-bond acceptors (Lipinski definition) is 5. The summed E-state index contributed by atoms with van der Waals surface area (Å²) in [6.07, 6.45) is 3.00. The molecule has 0 saturated heterocycles. The molecule has 0 saturated carbocycles. The zero-order chi connectivity index (χ0) is 29.0. The van der Waals surface area contributed by atoms with Gasteiger partial charge in [-0.3, -0.25) is 9.36 Å². The Bertz CT molecular complexity index is 1550. The number of hydrogen-bond donors (Lipinski definition) is 3. The van der Waals surface area contributed by atoms with Gasteiger partial charge in [0, 0.05) is 29.0 Å². The monoisotopic (exact) mass is 646 g/mol. The minimum atomic E-state index is -5.79. The molecule has 3 rings (SSSR count). The number of carbonyl (C=O) groups excluding carboxylic acids is 1. The van der Waals surface area contributed by atoms with Gasteiger partial charge in [0.25, 0.3) is 0 Å². The van der Waals surface area contributed by atoms with Crippen LogP contribution in [-0.4, -0.2) is 35.8 Å². The number of alkyl halides is 2. The summed E-state index contributed by atoms with van der Waals surface area (Å²) in [6.45, 7) is 0.0399. The summed E-state index contributed by atoms with van der Waals surface area (Å²) in [5, 5.41) is 2.99. The lowest BCUT2D eigenvalue weighted by Gasteiger charge is -2.23. The molecule has 0 unspecified atom stereocenters. The van der Waals surface area contributed by atoms with Gasteiger partial charge < -0.3 is 20.0 Å². The predicted octanol–water partition coefficient (Wildman–Crippen LogP) is 4.97. The van der Waals surface area contributed by atoms with Crippen LogP contribution >= 0.6 is 23.5 Å². The first-order valence-corrected chi connectivity index (χ1v) is 15.4. The summed E-state index contributed by atoms with van der Waals surface area (Å²) in [6, 6.07) is 14.8. The van der Waals surface area contributed by atoms with Gasteiger partial charge in [0.15, 0.2) is 9.84 Å².